The Morgan fingerprint density at radius 3 is 2.55 bits per heavy atom. The number of alkyl halides is 1. The summed E-state index contributed by atoms with van der Waals surface area (Å²) in [5, 5.41) is 16.1. The van der Waals surface area contributed by atoms with E-state index in [0.29, 0.717) is 14.9 Å². The van der Waals surface area contributed by atoms with Crippen molar-refractivity contribution in [2.24, 2.45) is 5.92 Å². The van der Waals surface area contributed by atoms with Crippen LogP contribution < -0.4 is 5.32 Å². The van der Waals surface area contributed by atoms with Crippen LogP contribution in [0, 0.1) is 16.0 Å². The van der Waals surface area contributed by atoms with E-state index in [1.54, 1.807) is 18.2 Å². The molecule has 0 saturated heterocycles. The van der Waals surface area contributed by atoms with Gasteiger partial charge in [-0.15, -0.1) is 23.4 Å². The lowest BCUT2D eigenvalue weighted by molar-refractivity contribution is -0.387. The molecule has 4 nitrogen and oxygen atoms in total. The lowest BCUT2D eigenvalue weighted by Crippen LogP contribution is -2.31. The second-order valence-corrected chi connectivity index (χ2v) is 11.8. The average molecular weight is 585 g/mol. The molecule has 1 heterocycles. The number of thioether (sulfide) groups is 1. The zero-order valence-corrected chi connectivity index (χ0v) is 21.7. The lowest BCUT2D eigenvalue weighted by Gasteiger charge is -2.39. The van der Waals surface area contributed by atoms with E-state index in [4.69, 9.17) is 34.8 Å². The van der Waals surface area contributed by atoms with Gasteiger partial charge in [-0.3, -0.25) is 10.1 Å². The quantitative estimate of drug-likeness (QED) is 0.189. The maximum atomic E-state index is 11.5. The van der Waals surface area contributed by atoms with Crippen LogP contribution >= 0.6 is 62.5 Å². The van der Waals surface area contributed by atoms with Crippen molar-refractivity contribution in [2.45, 2.75) is 33.9 Å². The molecule has 1 aliphatic heterocycles. The predicted molar refractivity (Wildman–Crippen MR) is 140 cm³/mol. The molecule has 0 amide bonds. The van der Waals surface area contributed by atoms with Crippen LogP contribution in [0.3, 0.4) is 0 Å². The number of nitrogens with zero attached hydrogens (tertiary/aromatic N) is 1. The molecule has 0 bridgehead atoms. The number of rotatable bonds is 4. The molecule has 3 aromatic rings. The third kappa shape index (κ3) is 4.37. The second-order valence-electron chi connectivity index (χ2n) is 8.28. The van der Waals surface area contributed by atoms with Gasteiger partial charge in [-0.25, -0.2) is 0 Å². The van der Waals surface area contributed by atoms with Gasteiger partial charge in [-0.1, -0.05) is 63.4 Å². The van der Waals surface area contributed by atoms with Gasteiger partial charge in [0.25, 0.3) is 5.69 Å². The molecule has 0 aromatic heterocycles. The first-order valence-electron chi connectivity index (χ1n) is 10.4. The monoisotopic (exact) mass is 582 g/mol. The van der Waals surface area contributed by atoms with E-state index in [-0.39, 0.29) is 39.1 Å². The first kappa shape index (κ1) is 23.3. The standard InChI is InChI=1S/C24H18BrCl3N2O2S/c25-13-7-5-12(6-8-13)23-16-11-20(33-19-4-2-1-3-18(19)30(31)32)22(28)21(16)15-9-14(26)10-17(27)24(15)29-23/h1-10,16,20-23,29H,11H2/t16-,20+,21-,22-,23-/m0/s1. The highest BCUT2D eigenvalue weighted by atomic mass is 79.9. The zero-order valence-electron chi connectivity index (χ0n) is 17.1. The Hall–Kier alpha value is -1.44. The number of para-hydroxylation sites is 1. The summed E-state index contributed by atoms with van der Waals surface area (Å²) in [6.07, 6.45) is 0.798. The van der Waals surface area contributed by atoms with Gasteiger partial charge in [0.05, 0.1) is 31.9 Å². The van der Waals surface area contributed by atoms with Crippen molar-refractivity contribution in [3.8, 4) is 0 Å². The Balaban J connectivity index is 1.56. The Bertz CT molecular complexity index is 1230. The minimum atomic E-state index is -0.339. The SMILES string of the molecule is O=[N+]([O-])c1ccccc1S[C@@H]1C[C@H]2[C@H](c3cc(Cl)cc(Cl)c3N[C@H]2c2ccc(Br)cc2)[C@H]1Cl. The maximum Gasteiger partial charge on any atom is 0.282 e. The van der Waals surface area contributed by atoms with Crippen LogP contribution in [-0.2, 0) is 0 Å². The van der Waals surface area contributed by atoms with Crippen molar-refractivity contribution >= 4 is 73.9 Å². The fraction of sp³-hybridized carbons (Fsp3) is 0.250. The van der Waals surface area contributed by atoms with E-state index in [1.165, 1.54) is 17.8 Å². The largest absolute Gasteiger partial charge is 0.376 e. The first-order chi connectivity index (χ1) is 15.8. The lowest BCUT2D eigenvalue weighted by atomic mass is 9.77. The van der Waals surface area contributed by atoms with Gasteiger partial charge >= 0.3 is 0 Å². The summed E-state index contributed by atoms with van der Waals surface area (Å²) >= 11 is 25.1. The Labute approximate surface area is 219 Å². The van der Waals surface area contributed by atoms with E-state index >= 15 is 0 Å². The van der Waals surface area contributed by atoms with Gasteiger partial charge in [0.1, 0.15) is 0 Å². The van der Waals surface area contributed by atoms with Crippen LogP contribution in [-0.4, -0.2) is 15.6 Å². The number of anilines is 1. The molecule has 5 rings (SSSR count). The van der Waals surface area contributed by atoms with Gasteiger partial charge in [0, 0.05) is 26.7 Å². The molecule has 5 atom stereocenters. The third-order valence-electron chi connectivity index (χ3n) is 6.41. The van der Waals surface area contributed by atoms with Gasteiger partial charge in [-0.05, 0) is 53.8 Å². The molecule has 3 aromatic carbocycles. The van der Waals surface area contributed by atoms with Crippen molar-refractivity contribution in [1.29, 1.82) is 0 Å². The summed E-state index contributed by atoms with van der Waals surface area (Å²) in [5.74, 6) is 0.184. The van der Waals surface area contributed by atoms with Crippen molar-refractivity contribution in [3.63, 3.8) is 0 Å². The van der Waals surface area contributed by atoms with Crippen molar-refractivity contribution in [1.82, 2.24) is 0 Å². The molecule has 1 N–H and O–H groups in total. The third-order valence-corrected chi connectivity index (χ3v) is 9.56. The van der Waals surface area contributed by atoms with Crippen LogP contribution in [0.5, 0.6) is 0 Å². The molecule has 1 fully saturated rings. The fourth-order valence-electron chi connectivity index (χ4n) is 5.01. The molecular formula is C24H18BrCl3N2O2S. The average Bonchev–Trinajstić information content (AvgIpc) is 3.10. The molecule has 33 heavy (non-hydrogen) atoms. The second kappa shape index (κ2) is 9.31. The number of nitro groups is 1. The Kier molecular flexibility index (Phi) is 6.57. The number of halogens is 4. The molecule has 1 saturated carbocycles. The van der Waals surface area contributed by atoms with Gasteiger partial charge in [0.15, 0.2) is 0 Å². The molecule has 9 heteroatoms. The molecule has 170 valence electrons. The molecule has 0 radical (unpaired) electrons. The summed E-state index contributed by atoms with van der Waals surface area (Å²) in [7, 11) is 0. The smallest absolute Gasteiger partial charge is 0.282 e. The van der Waals surface area contributed by atoms with E-state index in [9.17, 15) is 10.1 Å². The first-order valence-corrected chi connectivity index (χ1v) is 13.2. The van der Waals surface area contributed by atoms with E-state index in [1.807, 2.05) is 24.3 Å². The summed E-state index contributed by atoms with van der Waals surface area (Å²) < 4.78 is 1.01. The number of fused-ring (bicyclic) bond motifs is 3. The minimum Gasteiger partial charge on any atom is -0.376 e. The van der Waals surface area contributed by atoms with E-state index in [2.05, 4.69) is 33.4 Å². The number of nitrogens with one attached hydrogen (secondary N) is 1. The number of nitro benzene ring substituents is 1. The predicted octanol–water partition coefficient (Wildman–Crippen LogP) is 8.70. The Morgan fingerprint density at radius 1 is 1.09 bits per heavy atom. The topological polar surface area (TPSA) is 55.2 Å². The van der Waals surface area contributed by atoms with Crippen LogP contribution in [0.4, 0.5) is 11.4 Å². The molecular weight excluding hydrogens is 567 g/mol. The van der Waals surface area contributed by atoms with Crippen molar-refractivity contribution in [2.75, 3.05) is 5.32 Å². The highest BCUT2D eigenvalue weighted by Gasteiger charge is 2.50. The zero-order chi connectivity index (χ0) is 23.3. The van der Waals surface area contributed by atoms with Crippen LogP contribution in [0.15, 0.2) is 70.0 Å². The maximum absolute atomic E-state index is 11.5. The van der Waals surface area contributed by atoms with Crippen molar-refractivity contribution in [3.05, 3.63) is 96.4 Å². The summed E-state index contributed by atoms with van der Waals surface area (Å²) in [6, 6.07) is 18.8. The highest BCUT2D eigenvalue weighted by molar-refractivity contribution is 9.10. The van der Waals surface area contributed by atoms with Crippen LogP contribution in [0.25, 0.3) is 0 Å². The van der Waals surface area contributed by atoms with Crippen molar-refractivity contribution < 1.29 is 4.92 Å². The van der Waals surface area contributed by atoms with Gasteiger partial charge in [-0.2, -0.15) is 0 Å². The van der Waals surface area contributed by atoms with E-state index in [0.717, 1.165) is 27.7 Å². The van der Waals surface area contributed by atoms with Gasteiger partial charge < -0.3 is 5.32 Å². The number of hydrogen-bond donors (Lipinski definition) is 1. The summed E-state index contributed by atoms with van der Waals surface area (Å²) in [5.41, 5.74) is 3.12. The molecule has 0 unspecified atom stereocenters. The van der Waals surface area contributed by atoms with Crippen LogP contribution in [0.2, 0.25) is 10.0 Å². The fourth-order valence-corrected chi connectivity index (χ4v) is 7.79. The summed E-state index contributed by atoms with van der Waals surface area (Å²) in [4.78, 5) is 11.8. The van der Waals surface area contributed by atoms with Crippen LogP contribution in [0.1, 0.15) is 29.5 Å². The van der Waals surface area contributed by atoms with Gasteiger partial charge in [0.2, 0.25) is 0 Å². The molecule has 0 spiro atoms. The minimum absolute atomic E-state index is 0.00637. The number of hydrogen-bond acceptors (Lipinski definition) is 4. The van der Waals surface area contributed by atoms with E-state index < -0.39 is 0 Å². The normalized spacial score (nSPS) is 25.8. The summed E-state index contributed by atoms with van der Waals surface area (Å²) in [6.45, 7) is 0. The highest BCUT2D eigenvalue weighted by Crippen LogP contribution is 2.59. The number of benzene rings is 3. The Morgan fingerprint density at radius 2 is 1.82 bits per heavy atom. The molecule has 2 aliphatic rings. The molecule has 1 aliphatic carbocycles.